The van der Waals surface area contributed by atoms with Gasteiger partial charge < -0.3 is 0 Å². The van der Waals surface area contributed by atoms with Gasteiger partial charge in [-0.2, -0.15) is 0 Å². The normalized spacial score (nSPS) is 11.4. The summed E-state index contributed by atoms with van der Waals surface area (Å²) in [4.78, 5) is 0. The van der Waals surface area contributed by atoms with Gasteiger partial charge in [-0.3, -0.25) is 0 Å². The van der Waals surface area contributed by atoms with Crippen LogP contribution in [0.15, 0.2) is 97.1 Å². The molecule has 34 heavy (non-hydrogen) atoms. The summed E-state index contributed by atoms with van der Waals surface area (Å²) in [5.41, 5.74) is 11.7. The smallest absolute Gasteiger partial charge is 0.0204 e. The second-order valence-electron chi connectivity index (χ2n) is 9.16. The Morgan fingerprint density at radius 3 is 0.765 bits per heavy atom. The van der Waals surface area contributed by atoms with E-state index in [-0.39, 0.29) is 11.8 Å². The molecule has 0 aromatic heterocycles. The number of hydrogen-bond donors (Lipinski definition) is 0. The van der Waals surface area contributed by atoms with E-state index in [2.05, 4.69) is 125 Å². The van der Waals surface area contributed by atoms with Crippen LogP contribution in [-0.4, -0.2) is 0 Å². The quantitative estimate of drug-likeness (QED) is 0.241. The van der Waals surface area contributed by atoms with Crippen molar-refractivity contribution >= 4 is 0 Å². The topological polar surface area (TPSA) is 0 Å². The van der Waals surface area contributed by atoms with Crippen LogP contribution in [0.25, 0.3) is 0 Å². The van der Waals surface area contributed by atoms with Crippen molar-refractivity contribution in [2.24, 2.45) is 0 Å². The Morgan fingerprint density at radius 1 is 0.353 bits per heavy atom. The number of benzene rings is 4. The lowest BCUT2D eigenvalue weighted by atomic mass is 9.69. The zero-order chi connectivity index (χ0) is 23.9. The molecule has 0 N–H and O–H groups in total. The highest BCUT2D eigenvalue weighted by Crippen LogP contribution is 2.47. The molecule has 0 fully saturated rings. The van der Waals surface area contributed by atoms with Crippen LogP contribution >= 0.6 is 0 Å². The van der Waals surface area contributed by atoms with Crippen molar-refractivity contribution in [1.29, 1.82) is 0 Å². The van der Waals surface area contributed by atoms with E-state index in [4.69, 9.17) is 0 Å². The summed E-state index contributed by atoms with van der Waals surface area (Å²) in [6.45, 7) is 9.15. The number of rotatable bonds is 9. The molecule has 0 unspecified atom stereocenters. The Labute approximate surface area is 206 Å². The molecule has 4 aromatic rings. The zero-order valence-corrected chi connectivity index (χ0v) is 21.2. The fourth-order valence-electron chi connectivity index (χ4n) is 5.69. The summed E-state index contributed by atoms with van der Waals surface area (Å²) in [5.74, 6) is 0.514. The standard InChI is InChI=1S/C34H38/c1-5-25-17-9-13-21-29(25)33(30-22-14-10-18-26(30)6-2)34(31-23-15-11-19-27(31)7-3)32-24-16-12-20-28(32)8-4/h9-24,33-34H,5-8H2,1-4H3. The van der Waals surface area contributed by atoms with Gasteiger partial charge in [-0.25, -0.2) is 0 Å². The van der Waals surface area contributed by atoms with E-state index in [9.17, 15) is 0 Å². The van der Waals surface area contributed by atoms with E-state index in [1.165, 1.54) is 44.5 Å². The minimum absolute atomic E-state index is 0.257. The minimum atomic E-state index is 0.257. The first kappa shape index (κ1) is 24.0. The van der Waals surface area contributed by atoms with Crippen LogP contribution in [0.1, 0.15) is 84.0 Å². The van der Waals surface area contributed by atoms with Crippen LogP contribution in [-0.2, 0) is 25.7 Å². The highest BCUT2D eigenvalue weighted by Gasteiger charge is 2.32. The van der Waals surface area contributed by atoms with Crippen LogP contribution < -0.4 is 0 Å². The Bertz CT molecular complexity index is 1020. The van der Waals surface area contributed by atoms with Crippen molar-refractivity contribution in [2.75, 3.05) is 0 Å². The first-order chi connectivity index (χ1) is 16.7. The molecular weight excluding hydrogens is 408 g/mol. The average Bonchev–Trinajstić information content (AvgIpc) is 2.91. The third-order valence-corrected chi connectivity index (χ3v) is 7.42. The van der Waals surface area contributed by atoms with Gasteiger partial charge in [0, 0.05) is 11.8 Å². The maximum atomic E-state index is 2.38. The molecule has 0 nitrogen and oxygen atoms in total. The van der Waals surface area contributed by atoms with Crippen molar-refractivity contribution in [1.82, 2.24) is 0 Å². The van der Waals surface area contributed by atoms with Crippen LogP contribution in [0.2, 0.25) is 0 Å². The second-order valence-corrected chi connectivity index (χ2v) is 9.16. The van der Waals surface area contributed by atoms with Crippen molar-refractivity contribution < 1.29 is 0 Å². The zero-order valence-electron chi connectivity index (χ0n) is 21.2. The molecule has 0 aliphatic rings. The molecule has 0 radical (unpaired) electrons. The van der Waals surface area contributed by atoms with Gasteiger partial charge in [-0.1, -0.05) is 125 Å². The van der Waals surface area contributed by atoms with E-state index in [1.54, 1.807) is 0 Å². The molecule has 174 valence electrons. The third kappa shape index (κ3) is 4.73. The molecule has 0 amide bonds. The van der Waals surface area contributed by atoms with Gasteiger partial charge in [0.1, 0.15) is 0 Å². The summed E-state index contributed by atoms with van der Waals surface area (Å²) in [7, 11) is 0. The first-order valence-corrected chi connectivity index (χ1v) is 13.0. The molecule has 0 atom stereocenters. The van der Waals surface area contributed by atoms with Crippen molar-refractivity contribution in [3.63, 3.8) is 0 Å². The summed E-state index contributed by atoms with van der Waals surface area (Å²) in [6, 6.07) is 36.5. The van der Waals surface area contributed by atoms with Gasteiger partial charge >= 0.3 is 0 Å². The maximum absolute atomic E-state index is 2.38. The summed E-state index contributed by atoms with van der Waals surface area (Å²) in [6.07, 6.45) is 4.16. The van der Waals surface area contributed by atoms with Crippen LogP contribution in [0.3, 0.4) is 0 Å². The Balaban J connectivity index is 2.10. The lowest BCUT2D eigenvalue weighted by Gasteiger charge is -2.34. The molecule has 0 spiro atoms. The van der Waals surface area contributed by atoms with Gasteiger partial charge in [0.25, 0.3) is 0 Å². The molecule has 4 aromatic carbocycles. The first-order valence-electron chi connectivity index (χ1n) is 13.0. The van der Waals surface area contributed by atoms with E-state index in [0.717, 1.165) is 25.7 Å². The number of aryl methyl sites for hydroxylation is 4. The predicted molar refractivity (Wildman–Crippen MR) is 147 cm³/mol. The fraction of sp³-hybridized carbons (Fsp3) is 0.294. The van der Waals surface area contributed by atoms with E-state index >= 15 is 0 Å². The van der Waals surface area contributed by atoms with Gasteiger partial charge in [-0.05, 0) is 70.2 Å². The van der Waals surface area contributed by atoms with E-state index in [1.807, 2.05) is 0 Å². The Kier molecular flexibility index (Phi) is 8.01. The third-order valence-electron chi connectivity index (χ3n) is 7.42. The number of hydrogen-bond acceptors (Lipinski definition) is 0. The SMILES string of the molecule is CCc1ccccc1C(c1ccccc1CC)C(c1ccccc1CC)c1ccccc1CC. The van der Waals surface area contributed by atoms with Gasteiger partial charge in [-0.15, -0.1) is 0 Å². The highest BCUT2D eigenvalue weighted by molar-refractivity contribution is 5.52. The molecule has 0 saturated heterocycles. The van der Waals surface area contributed by atoms with Crippen molar-refractivity contribution in [3.8, 4) is 0 Å². The molecule has 0 aliphatic heterocycles. The largest absolute Gasteiger partial charge is 0.0620 e. The predicted octanol–water partition coefficient (Wildman–Crippen LogP) is 8.90. The van der Waals surface area contributed by atoms with Gasteiger partial charge in [0.2, 0.25) is 0 Å². The summed E-state index contributed by atoms with van der Waals surface area (Å²) < 4.78 is 0. The molecular formula is C34H38. The Morgan fingerprint density at radius 2 is 0.559 bits per heavy atom. The molecule has 0 bridgehead atoms. The molecule has 0 heterocycles. The molecule has 0 aliphatic carbocycles. The molecule has 0 heteroatoms. The monoisotopic (exact) mass is 446 g/mol. The van der Waals surface area contributed by atoms with E-state index < -0.39 is 0 Å². The lowest BCUT2D eigenvalue weighted by Crippen LogP contribution is -2.20. The fourth-order valence-corrected chi connectivity index (χ4v) is 5.69. The maximum Gasteiger partial charge on any atom is 0.0204 e. The second kappa shape index (κ2) is 11.3. The lowest BCUT2D eigenvalue weighted by molar-refractivity contribution is 0.667. The van der Waals surface area contributed by atoms with Crippen LogP contribution in [0, 0.1) is 0 Å². The molecule has 4 rings (SSSR count). The van der Waals surface area contributed by atoms with Gasteiger partial charge in [0.15, 0.2) is 0 Å². The van der Waals surface area contributed by atoms with Crippen LogP contribution in [0.5, 0.6) is 0 Å². The van der Waals surface area contributed by atoms with Crippen molar-refractivity contribution in [2.45, 2.75) is 65.2 Å². The van der Waals surface area contributed by atoms with Gasteiger partial charge in [0.05, 0.1) is 0 Å². The van der Waals surface area contributed by atoms with Crippen LogP contribution in [0.4, 0.5) is 0 Å². The average molecular weight is 447 g/mol. The van der Waals surface area contributed by atoms with Crippen molar-refractivity contribution in [3.05, 3.63) is 142 Å². The van der Waals surface area contributed by atoms with E-state index in [0.29, 0.717) is 0 Å². The summed E-state index contributed by atoms with van der Waals surface area (Å²) >= 11 is 0. The highest BCUT2D eigenvalue weighted by atomic mass is 14.4. The Hall–Kier alpha value is -3.12. The summed E-state index contributed by atoms with van der Waals surface area (Å²) in [5, 5.41) is 0. The molecule has 0 saturated carbocycles. The minimum Gasteiger partial charge on any atom is -0.0620 e.